The van der Waals surface area contributed by atoms with Crippen LogP contribution in [0.15, 0.2) is 35.3 Å². The minimum Gasteiger partial charge on any atom is -0.370 e. The Bertz CT molecular complexity index is 453. The summed E-state index contributed by atoms with van der Waals surface area (Å²) in [6.07, 6.45) is 3.54. The monoisotopic (exact) mass is 288 g/mol. The smallest absolute Gasteiger partial charge is 0.191 e. The van der Waals surface area contributed by atoms with Crippen LogP contribution < -0.4 is 5.73 Å². The zero-order chi connectivity index (χ0) is 15.2. The van der Waals surface area contributed by atoms with Crippen LogP contribution in [-0.2, 0) is 6.54 Å². The summed E-state index contributed by atoms with van der Waals surface area (Å²) in [5.41, 5.74) is 7.36. The molecule has 1 aromatic rings. The molecule has 1 unspecified atom stereocenters. The van der Waals surface area contributed by atoms with E-state index in [0.717, 1.165) is 19.5 Å². The van der Waals surface area contributed by atoms with Gasteiger partial charge >= 0.3 is 0 Å². The molecule has 21 heavy (non-hydrogen) atoms. The van der Waals surface area contributed by atoms with Crippen LogP contribution in [0.4, 0.5) is 0 Å². The molecule has 1 saturated carbocycles. The van der Waals surface area contributed by atoms with Gasteiger partial charge in [-0.15, -0.1) is 0 Å². The van der Waals surface area contributed by atoms with Crippen molar-refractivity contribution in [3.63, 3.8) is 0 Å². The van der Waals surface area contributed by atoms with E-state index in [0.29, 0.717) is 18.0 Å². The first-order chi connectivity index (χ1) is 10.1. The van der Waals surface area contributed by atoms with E-state index in [2.05, 4.69) is 59.1 Å². The molecule has 4 heteroatoms. The number of nitrogens with zero attached hydrogens (tertiary/aromatic N) is 3. The molecule has 0 radical (unpaired) electrons. The highest BCUT2D eigenvalue weighted by atomic mass is 15.3. The van der Waals surface area contributed by atoms with Crippen LogP contribution in [0, 0.1) is 0 Å². The lowest BCUT2D eigenvalue weighted by atomic mass is 10.1. The van der Waals surface area contributed by atoms with Gasteiger partial charge in [0.05, 0.1) is 0 Å². The number of aliphatic imine (C=N–C) groups is 1. The minimum absolute atomic E-state index is 0.494. The van der Waals surface area contributed by atoms with Gasteiger partial charge in [0.2, 0.25) is 0 Å². The molecule has 1 atom stereocenters. The highest BCUT2D eigenvalue weighted by Crippen LogP contribution is 2.24. The molecule has 1 aliphatic carbocycles. The van der Waals surface area contributed by atoms with Gasteiger partial charge in [0.1, 0.15) is 0 Å². The third kappa shape index (κ3) is 5.05. The van der Waals surface area contributed by atoms with E-state index in [1.165, 1.54) is 18.4 Å². The van der Waals surface area contributed by atoms with Crippen LogP contribution in [0.5, 0.6) is 0 Å². The summed E-state index contributed by atoms with van der Waals surface area (Å²) in [5, 5.41) is 0. The Morgan fingerprint density at radius 2 is 1.95 bits per heavy atom. The van der Waals surface area contributed by atoms with Gasteiger partial charge in [0.15, 0.2) is 5.96 Å². The standard InChI is InChI=1S/C17H28N4/c1-14(20(2)13-15-7-5-4-6-8-15)11-12-19-17(18)21(3)16-9-10-16/h4-8,14,16H,9-13H2,1-3H3,(H2,18,19). The first-order valence-electron chi connectivity index (χ1n) is 7.85. The molecule has 0 saturated heterocycles. The van der Waals surface area contributed by atoms with Gasteiger partial charge in [0, 0.05) is 32.2 Å². The summed E-state index contributed by atoms with van der Waals surface area (Å²) in [5.74, 6) is 0.690. The van der Waals surface area contributed by atoms with Gasteiger partial charge < -0.3 is 10.6 Å². The van der Waals surface area contributed by atoms with E-state index < -0.39 is 0 Å². The molecule has 1 aliphatic rings. The lowest BCUT2D eigenvalue weighted by Gasteiger charge is -2.24. The quantitative estimate of drug-likeness (QED) is 0.618. The second kappa shape index (κ2) is 7.46. The zero-order valence-electron chi connectivity index (χ0n) is 13.5. The van der Waals surface area contributed by atoms with E-state index in [1.54, 1.807) is 0 Å². The fraction of sp³-hybridized carbons (Fsp3) is 0.588. The van der Waals surface area contributed by atoms with Crippen molar-refractivity contribution in [3.05, 3.63) is 35.9 Å². The number of hydrogen-bond acceptors (Lipinski definition) is 2. The third-order valence-electron chi connectivity index (χ3n) is 4.30. The second-order valence-electron chi connectivity index (χ2n) is 6.12. The summed E-state index contributed by atoms with van der Waals surface area (Å²) in [6, 6.07) is 11.7. The topological polar surface area (TPSA) is 44.9 Å². The Hall–Kier alpha value is -1.55. The molecule has 4 nitrogen and oxygen atoms in total. The predicted molar refractivity (Wildman–Crippen MR) is 89.3 cm³/mol. The van der Waals surface area contributed by atoms with Crippen molar-refractivity contribution in [2.24, 2.45) is 10.7 Å². The number of benzene rings is 1. The number of hydrogen-bond donors (Lipinski definition) is 1. The van der Waals surface area contributed by atoms with E-state index in [1.807, 2.05) is 7.05 Å². The fourth-order valence-corrected chi connectivity index (χ4v) is 2.37. The molecule has 0 aliphatic heterocycles. The van der Waals surface area contributed by atoms with Crippen molar-refractivity contribution in [1.82, 2.24) is 9.80 Å². The first-order valence-corrected chi connectivity index (χ1v) is 7.85. The molecule has 1 aromatic carbocycles. The van der Waals surface area contributed by atoms with Crippen LogP contribution in [-0.4, -0.2) is 48.5 Å². The zero-order valence-corrected chi connectivity index (χ0v) is 13.5. The van der Waals surface area contributed by atoms with Crippen molar-refractivity contribution < 1.29 is 0 Å². The first kappa shape index (κ1) is 15.8. The lowest BCUT2D eigenvalue weighted by molar-refractivity contribution is 0.240. The molecule has 0 bridgehead atoms. The van der Waals surface area contributed by atoms with E-state index in [9.17, 15) is 0 Å². The summed E-state index contributed by atoms with van der Waals surface area (Å²) in [4.78, 5) is 8.98. The van der Waals surface area contributed by atoms with Gasteiger partial charge in [-0.25, -0.2) is 0 Å². The number of rotatable bonds is 7. The molecular formula is C17H28N4. The number of guanidine groups is 1. The Kier molecular flexibility index (Phi) is 5.62. The van der Waals surface area contributed by atoms with Crippen molar-refractivity contribution in [1.29, 1.82) is 0 Å². The summed E-state index contributed by atoms with van der Waals surface area (Å²) >= 11 is 0. The molecule has 0 heterocycles. The van der Waals surface area contributed by atoms with Crippen LogP contribution in [0.2, 0.25) is 0 Å². The van der Waals surface area contributed by atoms with Crippen LogP contribution >= 0.6 is 0 Å². The Labute approximate surface area is 128 Å². The molecule has 2 rings (SSSR count). The Balaban J connectivity index is 1.73. The van der Waals surface area contributed by atoms with Gasteiger partial charge in [-0.2, -0.15) is 0 Å². The van der Waals surface area contributed by atoms with Gasteiger partial charge in [-0.05, 0) is 38.8 Å². The normalized spacial score (nSPS) is 17.0. The predicted octanol–water partition coefficient (Wildman–Crippen LogP) is 2.31. The van der Waals surface area contributed by atoms with Crippen LogP contribution in [0.3, 0.4) is 0 Å². The molecule has 116 valence electrons. The van der Waals surface area contributed by atoms with Crippen molar-refractivity contribution in [2.75, 3.05) is 20.6 Å². The van der Waals surface area contributed by atoms with Gasteiger partial charge in [-0.3, -0.25) is 9.89 Å². The maximum absolute atomic E-state index is 6.01. The van der Waals surface area contributed by atoms with Gasteiger partial charge in [-0.1, -0.05) is 30.3 Å². The van der Waals surface area contributed by atoms with Crippen molar-refractivity contribution in [3.8, 4) is 0 Å². The summed E-state index contributed by atoms with van der Waals surface area (Å²) < 4.78 is 0. The summed E-state index contributed by atoms with van der Waals surface area (Å²) in [7, 11) is 4.21. The third-order valence-corrected chi connectivity index (χ3v) is 4.30. The molecule has 0 spiro atoms. The lowest BCUT2D eigenvalue weighted by Crippen LogP contribution is -2.36. The maximum Gasteiger partial charge on any atom is 0.191 e. The SMILES string of the molecule is CC(CCN=C(N)N(C)C1CC1)N(C)Cc1ccccc1. The molecule has 0 amide bonds. The van der Waals surface area contributed by atoms with Crippen LogP contribution in [0.25, 0.3) is 0 Å². The maximum atomic E-state index is 6.01. The number of nitrogens with two attached hydrogens (primary N) is 1. The fourth-order valence-electron chi connectivity index (χ4n) is 2.37. The van der Waals surface area contributed by atoms with E-state index >= 15 is 0 Å². The summed E-state index contributed by atoms with van der Waals surface area (Å²) in [6.45, 7) is 4.02. The highest BCUT2D eigenvalue weighted by Gasteiger charge is 2.27. The van der Waals surface area contributed by atoms with Crippen LogP contribution in [0.1, 0.15) is 31.7 Å². The largest absolute Gasteiger partial charge is 0.370 e. The average molecular weight is 288 g/mol. The second-order valence-corrected chi connectivity index (χ2v) is 6.12. The van der Waals surface area contributed by atoms with Gasteiger partial charge in [0.25, 0.3) is 0 Å². The van der Waals surface area contributed by atoms with E-state index in [4.69, 9.17) is 5.73 Å². The minimum atomic E-state index is 0.494. The van der Waals surface area contributed by atoms with Crippen molar-refractivity contribution in [2.45, 2.75) is 44.8 Å². The average Bonchev–Trinajstić information content (AvgIpc) is 3.31. The molecule has 1 fully saturated rings. The highest BCUT2D eigenvalue weighted by molar-refractivity contribution is 5.78. The van der Waals surface area contributed by atoms with E-state index in [-0.39, 0.29) is 0 Å². The van der Waals surface area contributed by atoms with Crippen molar-refractivity contribution >= 4 is 5.96 Å². The Morgan fingerprint density at radius 3 is 2.57 bits per heavy atom. The molecule has 0 aromatic heterocycles. The molecular weight excluding hydrogens is 260 g/mol. The Morgan fingerprint density at radius 1 is 1.29 bits per heavy atom. The molecule has 2 N–H and O–H groups in total.